The van der Waals surface area contributed by atoms with Crippen molar-refractivity contribution in [3.63, 3.8) is 0 Å². The molecule has 2 aliphatic heterocycles. The molecular weight excluding hydrogens is 362 g/mol. The molecule has 6 nitrogen and oxygen atoms in total. The van der Waals surface area contributed by atoms with Crippen molar-refractivity contribution in [1.82, 2.24) is 14.1 Å². The molecule has 27 heavy (non-hydrogen) atoms. The zero-order chi connectivity index (χ0) is 19.5. The summed E-state index contributed by atoms with van der Waals surface area (Å²) in [6, 6.07) is 10.3. The molecule has 1 unspecified atom stereocenters. The van der Waals surface area contributed by atoms with E-state index in [1.807, 2.05) is 23.1 Å². The minimum Gasteiger partial charge on any atom is -0.342 e. The highest BCUT2D eigenvalue weighted by molar-refractivity contribution is 7.89. The number of hydrogen-bond donors (Lipinski definition) is 0. The van der Waals surface area contributed by atoms with Crippen molar-refractivity contribution >= 4 is 15.9 Å². The number of amides is 1. The number of sulfonamides is 1. The Balaban J connectivity index is 1.48. The summed E-state index contributed by atoms with van der Waals surface area (Å²) in [7, 11) is 0.00249. The fourth-order valence-corrected chi connectivity index (χ4v) is 5.05. The number of hydrogen-bond acceptors (Lipinski definition) is 4. The van der Waals surface area contributed by atoms with Crippen LogP contribution >= 0.6 is 0 Å². The van der Waals surface area contributed by atoms with Crippen LogP contribution in [-0.2, 0) is 21.2 Å². The Morgan fingerprint density at radius 2 is 1.78 bits per heavy atom. The molecule has 2 heterocycles. The van der Waals surface area contributed by atoms with Gasteiger partial charge in [0.15, 0.2) is 0 Å². The number of benzene rings is 1. The van der Waals surface area contributed by atoms with E-state index in [1.54, 1.807) is 14.1 Å². The zero-order valence-electron chi connectivity index (χ0n) is 16.4. The third kappa shape index (κ3) is 4.70. The lowest BCUT2D eigenvalue weighted by molar-refractivity contribution is -0.135. The predicted molar refractivity (Wildman–Crippen MR) is 107 cm³/mol. The van der Waals surface area contributed by atoms with Gasteiger partial charge in [0, 0.05) is 33.7 Å². The summed E-state index contributed by atoms with van der Waals surface area (Å²) in [5, 5.41) is 0. The van der Waals surface area contributed by atoms with Crippen LogP contribution in [0, 0.1) is 5.41 Å². The van der Waals surface area contributed by atoms with Crippen LogP contribution in [0.1, 0.15) is 24.8 Å². The summed E-state index contributed by atoms with van der Waals surface area (Å²) < 4.78 is 25.1. The molecule has 2 saturated heterocycles. The van der Waals surface area contributed by atoms with Gasteiger partial charge in [-0.3, -0.25) is 4.79 Å². The molecule has 1 spiro atoms. The van der Waals surface area contributed by atoms with E-state index in [9.17, 15) is 13.2 Å². The van der Waals surface area contributed by atoms with Crippen LogP contribution in [0.3, 0.4) is 0 Å². The molecule has 0 saturated carbocycles. The van der Waals surface area contributed by atoms with Crippen molar-refractivity contribution in [2.75, 3.05) is 52.6 Å². The second kappa shape index (κ2) is 8.29. The molecule has 0 aromatic heterocycles. The second-order valence-electron chi connectivity index (χ2n) is 8.04. The number of carbonyl (C=O) groups excluding carboxylic acids is 1. The molecule has 150 valence electrons. The molecule has 1 amide bonds. The molecule has 1 aromatic carbocycles. The molecule has 0 N–H and O–H groups in total. The molecule has 1 aromatic rings. The summed E-state index contributed by atoms with van der Waals surface area (Å²) in [5.41, 5.74) is 1.03. The lowest BCUT2D eigenvalue weighted by Crippen LogP contribution is -2.38. The normalized spacial score (nSPS) is 23.8. The van der Waals surface area contributed by atoms with Gasteiger partial charge in [-0.25, -0.2) is 12.7 Å². The van der Waals surface area contributed by atoms with E-state index in [-0.39, 0.29) is 11.2 Å². The molecule has 2 fully saturated rings. The van der Waals surface area contributed by atoms with Gasteiger partial charge in [0.2, 0.25) is 15.9 Å². The highest BCUT2D eigenvalue weighted by Gasteiger charge is 2.50. The molecule has 0 bridgehead atoms. The standard InChI is InChI=1S/C20H31N3O3S/c1-21(2)27(25,26)16-6-12-22-14-10-20(17-22)11-15-23(19(20)24)13-9-18-7-4-3-5-8-18/h3-5,7-8H,6,9-17H2,1-2H3. The summed E-state index contributed by atoms with van der Waals surface area (Å²) in [6.45, 7) is 4.03. The van der Waals surface area contributed by atoms with E-state index in [0.717, 1.165) is 52.0 Å². The van der Waals surface area contributed by atoms with Gasteiger partial charge in [-0.1, -0.05) is 30.3 Å². The first kappa shape index (κ1) is 20.3. The first-order valence-electron chi connectivity index (χ1n) is 9.78. The van der Waals surface area contributed by atoms with E-state index in [1.165, 1.54) is 9.87 Å². The predicted octanol–water partition coefficient (Wildman–Crippen LogP) is 1.44. The summed E-state index contributed by atoms with van der Waals surface area (Å²) >= 11 is 0. The fraction of sp³-hybridized carbons (Fsp3) is 0.650. The van der Waals surface area contributed by atoms with Crippen molar-refractivity contribution < 1.29 is 13.2 Å². The largest absolute Gasteiger partial charge is 0.342 e. The van der Waals surface area contributed by atoms with Crippen molar-refractivity contribution in [3.8, 4) is 0 Å². The minimum absolute atomic E-state index is 0.167. The smallest absolute Gasteiger partial charge is 0.230 e. The number of carbonyl (C=O) groups is 1. The topological polar surface area (TPSA) is 60.9 Å². The molecule has 0 radical (unpaired) electrons. The van der Waals surface area contributed by atoms with Gasteiger partial charge in [0.1, 0.15) is 0 Å². The maximum absolute atomic E-state index is 13.0. The first-order chi connectivity index (χ1) is 12.8. The van der Waals surface area contributed by atoms with Crippen LogP contribution in [0.5, 0.6) is 0 Å². The summed E-state index contributed by atoms with van der Waals surface area (Å²) in [4.78, 5) is 17.3. The molecule has 1 atom stereocenters. The van der Waals surface area contributed by atoms with Crippen LogP contribution in [0.25, 0.3) is 0 Å². The van der Waals surface area contributed by atoms with Crippen LogP contribution in [0.2, 0.25) is 0 Å². The lowest BCUT2D eigenvalue weighted by Gasteiger charge is -2.24. The highest BCUT2D eigenvalue weighted by atomic mass is 32.2. The maximum atomic E-state index is 13.0. The highest BCUT2D eigenvalue weighted by Crippen LogP contribution is 2.40. The van der Waals surface area contributed by atoms with Crippen molar-refractivity contribution in [1.29, 1.82) is 0 Å². The van der Waals surface area contributed by atoms with Crippen molar-refractivity contribution in [2.45, 2.75) is 25.7 Å². The van der Waals surface area contributed by atoms with Gasteiger partial charge in [-0.05, 0) is 44.3 Å². The molecular formula is C20H31N3O3S. The SMILES string of the molecule is CN(C)S(=O)(=O)CCCN1CCC2(CCN(CCc3ccccc3)C2=O)C1. The first-order valence-corrected chi connectivity index (χ1v) is 11.4. The van der Waals surface area contributed by atoms with Gasteiger partial charge >= 0.3 is 0 Å². The Morgan fingerprint density at radius 1 is 1.07 bits per heavy atom. The quantitative estimate of drug-likeness (QED) is 0.670. The Labute approximate surface area is 163 Å². The van der Waals surface area contributed by atoms with Gasteiger partial charge < -0.3 is 9.80 Å². The van der Waals surface area contributed by atoms with E-state index in [2.05, 4.69) is 17.0 Å². The lowest BCUT2D eigenvalue weighted by atomic mass is 9.85. The molecule has 7 heteroatoms. The monoisotopic (exact) mass is 393 g/mol. The molecule has 2 aliphatic rings. The second-order valence-corrected chi connectivity index (χ2v) is 10.3. The van der Waals surface area contributed by atoms with E-state index < -0.39 is 10.0 Å². The molecule has 3 rings (SSSR count). The van der Waals surface area contributed by atoms with E-state index in [4.69, 9.17) is 0 Å². The van der Waals surface area contributed by atoms with E-state index >= 15 is 0 Å². The van der Waals surface area contributed by atoms with Crippen molar-refractivity contribution in [3.05, 3.63) is 35.9 Å². The fourth-order valence-electron chi connectivity index (χ4n) is 4.20. The maximum Gasteiger partial charge on any atom is 0.230 e. The van der Waals surface area contributed by atoms with Gasteiger partial charge in [0.25, 0.3) is 0 Å². The van der Waals surface area contributed by atoms with Crippen LogP contribution < -0.4 is 0 Å². The summed E-state index contributed by atoms with van der Waals surface area (Å²) in [5.74, 6) is 0.461. The average molecular weight is 394 g/mol. The Kier molecular flexibility index (Phi) is 6.23. The Hall–Kier alpha value is -1.44. The van der Waals surface area contributed by atoms with E-state index in [0.29, 0.717) is 12.3 Å². The van der Waals surface area contributed by atoms with Crippen LogP contribution in [0.4, 0.5) is 0 Å². The average Bonchev–Trinajstić information content (AvgIpc) is 3.19. The zero-order valence-corrected chi connectivity index (χ0v) is 17.2. The summed E-state index contributed by atoms with van der Waals surface area (Å²) in [6.07, 6.45) is 3.33. The number of nitrogens with zero attached hydrogens (tertiary/aromatic N) is 3. The number of likely N-dealkylation sites (tertiary alicyclic amines) is 2. The Bertz CT molecular complexity index is 751. The molecule has 0 aliphatic carbocycles. The number of rotatable bonds is 8. The van der Waals surface area contributed by atoms with Crippen LogP contribution in [-0.4, -0.2) is 81.0 Å². The van der Waals surface area contributed by atoms with Gasteiger partial charge in [-0.15, -0.1) is 0 Å². The van der Waals surface area contributed by atoms with Gasteiger partial charge in [-0.2, -0.15) is 0 Å². The minimum atomic E-state index is -3.14. The van der Waals surface area contributed by atoms with Gasteiger partial charge in [0.05, 0.1) is 11.2 Å². The van der Waals surface area contributed by atoms with Crippen LogP contribution in [0.15, 0.2) is 30.3 Å². The van der Waals surface area contributed by atoms with Crippen molar-refractivity contribution in [2.24, 2.45) is 5.41 Å². The Morgan fingerprint density at radius 3 is 2.48 bits per heavy atom. The third-order valence-electron chi connectivity index (χ3n) is 5.98. The third-order valence-corrected chi connectivity index (χ3v) is 7.90.